The standard InChI is InChI=1S/C11H17BrN2O3S/c1-8(7-17-2)6-14-18(15,16)11-5-9(13)3-4-10(11)12/h3-5,8,14H,6-7,13H2,1-2H3. The van der Waals surface area contributed by atoms with Crippen LogP contribution in [0.4, 0.5) is 5.69 Å². The molecule has 18 heavy (non-hydrogen) atoms. The van der Waals surface area contributed by atoms with Gasteiger partial charge in [-0.3, -0.25) is 0 Å². The molecule has 1 unspecified atom stereocenters. The van der Waals surface area contributed by atoms with Crippen LogP contribution in [-0.4, -0.2) is 28.7 Å². The number of nitrogens with two attached hydrogens (primary N) is 1. The van der Waals surface area contributed by atoms with Crippen LogP contribution in [0.25, 0.3) is 0 Å². The molecule has 0 aliphatic heterocycles. The van der Waals surface area contributed by atoms with E-state index >= 15 is 0 Å². The van der Waals surface area contributed by atoms with Gasteiger partial charge in [-0.15, -0.1) is 0 Å². The van der Waals surface area contributed by atoms with Crippen molar-refractivity contribution < 1.29 is 13.2 Å². The Morgan fingerprint density at radius 3 is 2.78 bits per heavy atom. The van der Waals surface area contributed by atoms with Crippen LogP contribution < -0.4 is 10.5 Å². The highest BCUT2D eigenvalue weighted by Crippen LogP contribution is 2.24. The van der Waals surface area contributed by atoms with Crippen molar-refractivity contribution in [2.75, 3.05) is 26.0 Å². The Balaban J connectivity index is 2.83. The van der Waals surface area contributed by atoms with Gasteiger partial charge in [-0.25, -0.2) is 13.1 Å². The van der Waals surface area contributed by atoms with E-state index in [4.69, 9.17) is 10.5 Å². The number of nitrogen functional groups attached to an aromatic ring is 1. The minimum absolute atomic E-state index is 0.101. The second-order valence-corrected chi connectivity index (χ2v) is 6.69. The first-order valence-electron chi connectivity index (χ1n) is 5.40. The van der Waals surface area contributed by atoms with Crippen molar-refractivity contribution in [3.63, 3.8) is 0 Å². The van der Waals surface area contributed by atoms with Gasteiger partial charge >= 0.3 is 0 Å². The first-order valence-corrected chi connectivity index (χ1v) is 7.68. The molecule has 1 rings (SSSR count). The lowest BCUT2D eigenvalue weighted by Gasteiger charge is -2.13. The van der Waals surface area contributed by atoms with Gasteiger partial charge in [0, 0.05) is 30.4 Å². The number of methoxy groups -OCH3 is 1. The highest BCUT2D eigenvalue weighted by molar-refractivity contribution is 9.10. The highest BCUT2D eigenvalue weighted by Gasteiger charge is 2.18. The molecule has 0 bridgehead atoms. The van der Waals surface area contributed by atoms with Gasteiger partial charge in [0.05, 0.1) is 4.90 Å². The fourth-order valence-corrected chi connectivity index (χ4v) is 3.56. The number of hydrogen-bond acceptors (Lipinski definition) is 4. The van der Waals surface area contributed by atoms with Crippen molar-refractivity contribution in [2.45, 2.75) is 11.8 Å². The molecule has 0 amide bonds. The van der Waals surface area contributed by atoms with Crippen LogP contribution in [0.15, 0.2) is 27.6 Å². The zero-order chi connectivity index (χ0) is 13.8. The number of rotatable bonds is 6. The minimum Gasteiger partial charge on any atom is -0.399 e. The van der Waals surface area contributed by atoms with Crippen LogP contribution >= 0.6 is 15.9 Å². The zero-order valence-electron chi connectivity index (χ0n) is 10.3. The average Bonchev–Trinajstić information content (AvgIpc) is 2.30. The zero-order valence-corrected chi connectivity index (χ0v) is 12.7. The maximum atomic E-state index is 12.1. The molecule has 3 N–H and O–H groups in total. The fourth-order valence-electron chi connectivity index (χ4n) is 1.40. The van der Waals surface area contributed by atoms with E-state index in [-0.39, 0.29) is 10.8 Å². The van der Waals surface area contributed by atoms with Crippen LogP contribution in [0.5, 0.6) is 0 Å². The van der Waals surface area contributed by atoms with Crippen molar-refractivity contribution in [3.05, 3.63) is 22.7 Å². The van der Waals surface area contributed by atoms with Crippen molar-refractivity contribution in [1.82, 2.24) is 4.72 Å². The molecule has 0 radical (unpaired) electrons. The Bertz CT molecular complexity index is 505. The summed E-state index contributed by atoms with van der Waals surface area (Å²) in [5.41, 5.74) is 6.00. The fraction of sp³-hybridized carbons (Fsp3) is 0.455. The van der Waals surface area contributed by atoms with Crippen LogP contribution in [-0.2, 0) is 14.8 Å². The van der Waals surface area contributed by atoms with Gasteiger partial charge in [0.2, 0.25) is 10.0 Å². The summed E-state index contributed by atoms with van der Waals surface area (Å²) in [4.78, 5) is 0.145. The smallest absolute Gasteiger partial charge is 0.241 e. The first-order chi connectivity index (χ1) is 8.36. The largest absolute Gasteiger partial charge is 0.399 e. The van der Waals surface area contributed by atoms with Crippen molar-refractivity contribution in [2.24, 2.45) is 5.92 Å². The molecule has 0 aliphatic rings. The van der Waals surface area contributed by atoms with Gasteiger partial charge in [-0.1, -0.05) is 6.92 Å². The van der Waals surface area contributed by atoms with Crippen LogP contribution in [0, 0.1) is 5.92 Å². The normalized spacial score (nSPS) is 13.5. The van der Waals surface area contributed by atoms with E-state index in [9.17, 15) is 8.42 Å². The lowest BCUT2D eigenvalue weighted by Crippen LogP contribution is -2.30. The lowest BCUT2D eigenvalue weighted by atomic mass is 10.2. The predicted molar refractivity (Wildman–Crippen MR) is 74.8 cm³/mol. The SMILES string of the molecule is COCC(C)CNS(=O)(=O)c1cc(N)ccc1Br. The predicted octanol–water partition coefficient (Wildman–Crippen LogP) is 1.59. The van der Waals surface area contributed by atoms with E-state index < -0.39 is 10.0 Å². The molecule has 5 nitrogen and oxygen atoms in total. The molecule has 1 aromatic rings. The molecule has 0 spiro atoms. The average molecular weight is 337 g/mol. The molecule has 1 aromatic carbocycles. The third kappa shape index (κ3) is 4.24. The summed E-state index contributed by atoms with van der Waals surface area (Å²) in [5.74, 6) is 0.101. The number of ether oxygens (including phenoxy) is 1. The molecule has 0 heterocycles. The number of nitrogens with one attached hydrogen (secondary N) is 1. The Kier molecular flexibility index (Phi) is 5.58. The third-order valence-electron chi connectivity index (χ3n) is 2.32. The maximum absolute atomic E-state index is 12.1. The highest BCUT2D eigenvalue weighted by atomic mass is 79.9. The van der Waals surface area contributed by atoms with Crippen molar-refractivity contribution in [3.8, 4) is 0 Å². The van der Waals surface area contributed by atoms with Crippen LogP contribution in [0.1, 0.15) is 6.92 Å². The number of hydrogen-bond donors (Lipinski definition) is 2. The van der Waals surface area contributed by atoms with E-state index in [0.29, 0.717) is 23.3 Å². The maximum Gasteiger partial charge on any atom is 0.241 e. The summed E-state index contributed by atoms with van der Waals surface area (Å²) in [7, 11) is -1.98. The molecule has 0 saturated carbocycles. The summed E-state index contributed by atoms with van der Waals surface area (Å²) in [5, 5.41) is 0. The molecular formula is C11H17BrN2O3S. The molecular weight excluding hydrogens is 320 g/mol. The van der Waals surface area contributed by atoms with Crippen LogP contribution in [0.2, 0.25) is 0 Å². The Morgan fingerprint density at radius 2 is 2.17 bits per heavy atom. The minimum atomic E-state index is -3.56. The van der Waals surface area contributed by atoms with Gasteiger partial charge in [-0.2, -0.15) is 0 Å². The second-order valence-electron chi connectivity index (χ2n) is 4.10. The topological polar surface area (TPSA) is 81.4 Å². The van der Waals surface area contributed by atoms with Crippen molar-refractivity contribution in [1.29, 1.82) is 0 Å². The molecule has 1 atom stereocenters. The summed E-state index contributed by atoms with van der Waals surface area (Å²) >= 11 is 3.20. The molecule has 0 fully saturated rings. The van der Waals surface area contributed by atoms with Crippen molar-refractivity contribution >= 4 is 31.6 Å². The Morgan fingerprint density at radius 1 is 1.50 bits per heavy atom. The summed E-state index contributed by atoms with van der Waals surface area (Å²) in [6, 6.07) is 4.67. The monoisotopic (exact) mass is 336 g/mol. The molecule has 7 heteroatoms. The van der Waals surface area contributed by atoms with E-state index in [1.54, 1.807) is 19.2 Å². The summed E-state index contributed by atoms with van der Waals surface area (Å²) in [6.45, 7) is 2.72. The Hall–Kier alpha value is -0.630. The lowest BCUT2D eigenvalue weighted by molar-refractivity contribution is 0.161. The summed E-state index contributed by atoms with van der Waals surface area (Å²) in [6.07, 6.45) is 0. The van der Waals surface area contributed by atoms with Gasteiger partial charge in [0.15, 0.2) is 0 Å². The second kappa shape index (κ2) is 6.51. The molecule has 0 aromatic heterocycles. The number of halogens is 1. The Labute approximate surface area is 116 Å². The molecule has 0 aliphatic carbocycles. The van der Waals surface area contributed by atoms with E-state index in [2.05, 4.69) is 20.7 Å². The van der Waals surface area contributed by atoms with Gasteiger partial charge in [-0.05, 0) is 40.0 Å². The number of sulfonamides is 1. The molecule has 0 saturated heterocycles. The van der Waals surface area contributed by atoms with E-state index in [1.807, 2.05) is 6.92 Å². The van der Waals surface area contributed by atoms with Gasteiger partial charge in [0.25, 0.3) is 0 Å². The molecule has 102 valence electrons. The number of benzene rings is 1. The van der Waals surface area contributed by atoms with Gasteiger partial charge < -0.3 is 10.5 Å². The van der Waals surface area contributed by atoms with E-state index in [1.165, 1.54) is 6.07 Å². The van der Waals surface area contributed by atoms with E-state index in [0.717, 1.165) is 0 Å². The quantitative estimate of drug-likeness (QED) is 0.773. The van der Waals surface area contributed by atoms with Crippen LogP contribution in [0.3, 0.4) is 0 Å². The third-order valence-corrected chi connectivity index (χ3v) is 4.74. The number of anilines is 1. The first kappa shape index (κ1) is 15.4. The summed E-state index contributed by atoms with van der Waals surface area (Å²) < 4.78 is 32.1. The van der Waals surface area contributed by atoms with Gasteiger partial charge in [0.1, 0.15) is 0 Å².